The second kappa shape index (κ2) is 4.98. The van der Waals surface area contributed by atoms with E-state index < -0.39 is 23.4 Å². The van der Waals surface area contributed by atoms with Gasteiger partial charge >= 0.3 is 0 Å². The molecular weight excluding hydrogens is 266 g/mol. The number of carbonyl (C=O) groups excluding carboxylic acids is 3. The van der Waals surface area contributed by atoms with Gasteiger partial charge in [0.05, 0.1) is 5.69 Å². The summed E-state index contributed by atoms with van der Waals surface area (Å²) < 4.78 is 0. The standard InChI is InChI=1S/C17H13NO3/c1-18-13-10-6-5-9-12(13)16(20)14(17(18)21)15(19)11-7-3-2-4-8-11/h2-10,14H,1H3. The third kappa shape index (κ3) is 2.05. The minimum absolute atomic E-state index is 0.372. The quantitative estimate of drug-likeness (QED) is 0.626. The second-order valence-corrected chi connectivity index (χ2v) is 4.94. The Hall–Kier alpha value is -2.75. The molecule has 0 radical (unpaired) electrons. The van der Waals surface area contributed by atoms with E-state index >= 15 is 0 Å². The summed E-state index contributed by atoms with van der Waals surface area (Å²) in [5.74, 6) is -2.64. The monoisotopic (exact) mass is 279 g/mol. The number of carbonyl (C=O) groups is 3. The van der Waals surface area contributed by atoms with Crippen molar-refractivity contribution in [3.05, 3.63) is 65.7 Å². The number of rotatable bonds is 2. The maximum atomic E-state index is 12.5. The number of nitrogens with zero attached hydrogens (tertiary/aromatic N) is 1. The number of anilines is 1. The molecule has 104 valence electrons. The molecule has 1 aliphatic heterocycles. The molecule has 2 aromatic carbocycles. The predicted octanol–water partition coefficient (Wildman–Crippen LogP) is 2.34. The van der Waals surface area contributed by atoms with Crippen LogP contribution in [0.1, 0.15) is 20.7 Å². The van der Waals surface area contributed by atoms with E-state index in [9.17, 15) is 14.4 Å². The zero-order valence-corrected chi connectivity index (χ0v) is 11.4. The lowest BCUT2D eigenvalue weighted by molar-refractivity contribution is -0.119. The number of hydrogen-bond acceptors (Lipinski definition) is 3. The summed E-state index contributed by atoms with van der Waals surface area (Å²) in [6.45, 7) is 0. The third-order valence-corrected chi connectivity index (χ3v) is 3.69. The first-order valence-corrected chi connectivity index (χ1v) is 6.61. The van der Waals surface area contributed by atoms with Gasteiger partial charge in [0, 0.05) is 18.2 Å². The number of fused-ring (bicyclic) bond motifs is 1. The Kier molecular flexibility index (Phi) is 3.14. The van der Waals surface area contributed by atoms with Crippen molar-refractivity contribution in [2.75, 3.05) is 11.9 Å². The Morgan fingerprint density at radius 1 is 0.952 bits per heavy atom. The van der Waals surface area contributed by atoms with Gasteiger partial charge in [0.25, 0.3) is 0 Å². The van der Waals surface area contributed by atoms with Crippen LogP contribution >= 0.6 is 0 Å². The lowest BCUT2D eigenvalue weighted by atomic mass is 9.85. The van der Waals surface area contributed by atoms with Gasteiger partial charge in [0.2, 0.25) is 5.91 Å². The van der Waals surface area contributed by atoms with Crippen LogP contribution in [0.4, 0.5) is 5.69 Å². The van der Waals surface area contributed by atoms with Crippen molar-refractivity contribution in [2.45, 2.75) is 0 Å². The topological polar surface area (TPSA) is 54.5 Å². The van der Waals surface area contributed by atoms with Gasteiger partial charge in [0.1, 0.15) is 0 Å². The fourth-order valence-corrected chi connectivity index (χ4v) is 2.55. The molecule has 21 heavy (non-hydrogen) atoms. The van der Waals surface area contributed by atoms with Crippen molar-refractivity contribution in [2.24, 2.45) is 5.92 Å². The van der Waals surface area contributed by atoms with Crippen LogP contribution in [0.15, 0.2) is 54.6 Å². The van der Waals surface area contributed by atoms with Crippen LogP contribution in [0.5, 0.6) is 0 Å². The van der Waals surface area contributed by atoms with Crippen molar-refractivity contribution in [3.63, 3.8) is 0 Å². The Morgan fingerprint density at radius 3 is 2.29 bits per heavy atom. The molecule has 1 amide bonds. The normalized spacial score (nSPS) is 17.6. The van der Waals surface area contributed by atoms with Gasteiger partial charge < -0.3 is 4.90 Å². The summed E-state index contributed by atoms with van der Waals surface area (Å²) in [4.78, 5) is 38.8. The number of Topliss-reactive ketones (excluding diaryl/α,β-unsaturated/α-hetero) is 2. The maximum Gasteiger partial charge on any atom is 0.245 e. The molecule has 1 unspecified atom stereocenters. The van der Waals surface area contributed by atoms with Crippen molar-refractivity contribution in [1.29, 1.82) is 0 Å². The average molecular weight is 279 g/mol. The molecule has 1 aliphatic rings. The lowest BCUT2D eigenvalue weighted by Gasteiger charge is -2.29. The van der Waals surface area contributed by atoms with Crippen LogP contribution in [0.3, 0.4) is 0 Å². The van der Waals surface area contributed by atoms with E-state index in [1.54, 1.807) is 61.6 Å². The fourth-order valence-electron chi connectivity index (χ4n) is 2.55. The second-order valence-electron chi connectivity index (χ2n) is 4.94. The molecule has 0 aromatic heterocycles. The highest BCUT2D eigenvalue weighted by Crippen LogP contribution is 2.30. The van der Waals surface area contributed by atoms with Crippen LogP contribution in [0, 0.1) is 5.92 Å². The Bertz CT molecular complexity index is 737. The molecule has 0 aliphatic carbocycles. The maximum absolute atomic E-state index is 12.5. The number of amides is 1. The zero-order valence-electron chi connectivity index (χ0n) is 11.4. The molecule has 1 heterocycles. The summed E-state index contributed by atoms with van der Waals surface area (Å²) in [6, 6.07) is 15.3. The van der Waals surface area contributed by atoms with E-state index in [2.05, 4.69) is 0 Å². The molecule has 0 saturated heterocycles. The summed E-state index contributed by atoms with van der Waals surface area (Å²) in [6.07, 6.45) is 0. The molecule has 3 rings (SSSR count). The van der Waals surface area contributed by atoms with E-state index in [-0.39, 0.29) is 0 Å². The summed E-state index contributed by atoms with van der Waals surface area (Å²) in [5.41, 5.74) is 1.33. The SMILES string of the molecule is CN1C(=O)C(C(=O)c2ccccc2)C(=O)c2ccccc21. The van der Waals surface area contributed by atoms with Gasteiger partial charge in [-0.15, -0.1) is 0 Å². The van der Waals surface area contributed by atoms with E-state index in [0.717, 1.165) is 0 Å². The smallest absolute Gasteiger partial charge is 0.245 e. The van der Waals surface area contributed by atoms with Crippen molar-refractivity contribution < 1.29 is 14.4 Å². The first-order chi connectivity index (χ1) is 10.1. The van der Waals surface area contributed by atoms with E-state index in [0.29, 0.717) is 16.8 Å². The van der Waals surface area contributed by atoms with Gasteiger partial charge in [0.15, 0.2) is 17.5 Å². The first-order valence-electron chi connectivity index (χ1n) is 6.61. The molecule has 1 atom stereocenters. The van der Waals surface area contributed by atoms with Crippen molar-refractivity contribution in [1.82, 2.24) is 0 Å². The minimum atomic E-state index is -1.28. The van der Waals surface area contributed by atoms with Gasteiger partial charge in [-0.1, -0.05) is 42.5 Å². The summed E-state index contributed by atoms with van der Waals surface area (Å²) in [5, 5.41) is 0. The molecular formula is C17H13NO3. The predicted molar refractivity (Wildman–Crippen MR) is 78.4 cm³/mol. The highest BCUT2D eigenvalue weighted by molar-refractivity contribution is 6.33. The fraction of sp³-hybridized carbons (Fsp3) is 0.118. The molecule has 0 spiro atoms. The van der Waals surface area contributed by atoms with E-state index in [4.69, 9.17) is 0 Å². The van der Waals surface area contributed by atoms with E-state index in [1.807, 2.05) is 0 Å². The highest BCUT2D eigenvalue weighted by atomic mass is 16.2. The molecule has 4 nitrogen and oxygen atoms in total. The van der Waals surface area contributed by atoms with Crippen molar-refractivity contribution in [3.8, 4) is 0 Å². The number of hydrogen-bond donors (Lipinski definition) is 0. The first kappa shape index (κ1) is 13.2. The molecule has 0 saturated carbocycles. The van der Waals surface area contributed by atoms with Crippen LogP contribution in [-0.2, 0) is 4.79 Å². The number of para-hydroxylation sites is 1. The third-order valence-electron chi connectivity index (χ3n) is 3.69. The molecule has 0 fully saturated rings. The molecule has 0 bridgehead atoms. The molecule has 4 heteroatoms. The Balaban J connectivity index is 2.07. The Labute approximate surface area is 122 Å². The summed E-state index contributed by atoms with van der Waals surface area (Å²) in [7, 11) is 1.58. The average Bonchev–Trinajstić information content (AvgIpc) is 2.53. The van der Waals surface area contributed by atoms with Crippen LogP contribution < -0.4 is 4.90 Å². The van der Waals surface area contributed by atoms with Gasteiger partial charge in [-0.25, -0.2) is 0 Å². The van der Waals surface area contributed by atoms with Gasteiger partial charge in [-0.2, -0.15) is 0 Å². The van der Waals surface area contributed by atoms with Crippen LogP contribution in [-0.4, -0.2) is 24.5 Å². The highest BCUT2D eigenvalue weighted by Gasteiger charge is 2.42. The zero-order chi connectivity index (χ0) is 15.0. The minimum Gasteiger partial charge on any atom is -0.314 e. The van der Waals surface area contributed by atoms with Crippen molar-refractivity contribution >= 4 is 23.2 Å². The Morgan fingerprint density at radius 2 is 1.57 bits per heavy atom. The summed E-state index contributed by atoms with van der Waals surface area (Å²) >= 11 is 0. The molecule has 2 aromatic rings. The number of ketones is 2. The largest absolute Gasteiger partial charge is 0.314 e. The van der Waals surface area contributed by atoms with Gasteiger partial charge in [-0.05, 0) is 12.1 Å². The van der Waals surface area contributed by atoms with Crippen LogP contribution in [0.25, 0.3) is 0 Å². The molecule has 0 N–H and O–H groups in total. The van der Waals surface area contributed by atoms with Gasteiger partial charge in [-0.3, -0.25) is 14.4 Å². The lowest BCUT2D eigenvalue weighted by Crippen LogP contribution is -2.46. The number of benzene rings is 2. The van der Waals surface area contributed by atoms with E-state index in [1.165, 1.54) is 4.90 Å². The van der Waals surface area contributed by atoms with Crippen LogP contribution in [0.2, 0.25) is 0 Å².